The zero-order chi connectivity index (χ0) is 19.6. The van der Waals surface area contributed by atoms with Gasteiger partial charge in [-0.25, -0.2) is 0 Å². The number of Topliss-reactive ketones (excluding diaryl/α,β-unsaturated/α-hetero) is 1. The highest BCUT2D eigenvalue weighted by Gasteiger charge is 2.61. The van der Waals surface area contributed by atoms with Gasteiger partial charge >= 0.3 is 5.97 Å². The fraction of sp³-hybridized carbons (Fsp3) is 0.826. The van der Waals surface area contributed by atoms with Gasteiger partial charge in [-0.05, 0) is 74.0 Å². The number of carbonyl (C=O) groups is 2. The molecule has 0 aromatic heterocycles. The molecule has 3 saturated carbocycles. The van der Waals surface area contributed by atoms with E-state index in [9.17, 15) is 9.59 Å². The molecule has 0 aromatic carbocycles. The normalized spacial score (nSPS) is 48.7. The fourth-order valence-corrected chi connectivity index (χ4v) is 8.63. The third-order valence-electron chi connectivity index (χ3n) is 8.87. The van der Waals surface area contributed by atoms with Crippen LogP contribution >= 0.6 is 15.9 Å². The van der Waals surface area contributed by atoms with E-state index in [0.29, 0.717) is 28.4 Å². The van der Waals surface area contributed by atoms with Gasteiger partial charge in [0.25, 0.3) is 0 Å². The zero-order valence-corrected chi connectivity index (χ0v) is 18.7. The lowest BCUT2D eigenvalue weighted by molar-refractivity contribution is -0.149. The molecule has 4 aliphatic rings. The summed E-state index contributed by atoms with van der Waals surface area (Å²) in [6.07, 6.45) is 10.1. The van der Waals surface area contributed by atoms with Crippen LogP contribution in [0.2, 0.25) is 0 Å². The van der Waals surface area contributed by atoms with E-state index in [1.807, 2.05) is 0 Å². The monoisotopic (exact) mass is 436 g/mol. The first-order chi connectivity index (χ1) is 12.7. The second kappa shape index (κ2) is 6.71. The van der Waals surface area contributed by atoms with Crippen molar-refractivity contribution in [2.75, 3.05) is 0 Å². The molecule has 0 bridgehead atoms. The molecule has 0 radical (unpaired) electrons. The van der Waals surface area contributed by atoms with Crippen LogP contribution in [0.3, 0.4) is 0 Å². The summed E-state index contributed by atoms with van der Waals surface area (Å²) < 4.78 is 5.55. The Morgan fingerprint density at radius 2 is 1.81 bits per heavy atom. The first kappa shape index (κ1) is 19.7. The van der Waals surface area contributed by atoms with Crippen molar-refractivity contribution in [3.05, 3.63) is 11.6 Å². The molecule has 3 fully saturated rings. The molecule has 0 saturated heterocycles. The van der Waals surface area contributed by atoms with Gasteiger partial charge in [0.05, 0.1) is 0 Å². The number of halogens is 1. The molecule has 0 N–H and O–H groups in total. The Labute approximate surface area is 171 Å². The third-order valence-corrected chi connectivity index (χ3v) is 9.74. The number of esters is 1. The maximum Gasteiger partial charge on any atom is 0.302 e. The number of hydrogen-bond acceptors (Lipinski definition) is 3. The predicted octanol–water partition coefficient (Wildman–Crippen LogP) is 5.46. The smallest absolute Gasteiger partial charge is 0.302 e. The minimum absolute atomic E-state index is 0.0421. The molecule has 4 heteroatoms. The molecule has 4 aliphatic carbocycles. The molecule has 0 heterocycles. The zero-order valence-electron chi connectivity index (χ0n) is 17.1. The van der Waals surface area contributed by atoms with Gasteiger partial charge in [0, 0.05) is 24.1 Å². The summed E-state index contributed by atoms with van der Waals surface area (Å²) in [6.45, 7) is 8.16. The number of carbonyl (C=O) groups excluding carboxylic acids is 2. The Balaban J connectivity index is 1.64. The number of ether oxygens (including phenoxy) is 1. The highest BCUT2D eigenvalue weighted by molar-refractivity contribution is 9.09. The average Bonchev–Trinajstić information content (AvgIpc) is 2.93. The van der Waals surface area contributed by atoms with Crippen LogP contribution in [0.15, 0.2) is 11.6 Å². The first-order valence-electron chi connectivity index (χ1n) is 10.7. The van der Waals surface area contributed by atoms with Crippen molar-refractivity contribution in [2.45, 2.75) is 83.6 Å². The van der Waals surface area contributed by atoms with E-state index in [4.69, 9.17) is 4.74 Å². The summed E-state index contributed by atoms with van der Waals surface area (Å²) in [5.74, 6) is 2.40. The summed E-state index contributed by atoms with van der Waals surface area (Å²) in [6, 6.07) is 0. The Kier molecular flexibility index (Phi) is 4.89. The molecular formula is C23H33BrO3. The summed E-state index contributed by atoms with van der Waals surface area (Å²) in [4.78, 5) is 24.1. The van der Waals surface area contributed by atoms with E-state index >= 15 is 0 Å². The van der Waals surface area contributed by atoms with Crippen LogP contribution in [0.4, 0.5) is 0 Å². The van der Waals surface area contributed by atoms with Crippen LogP contribution in [0.25, 0.3) is 0 Å². The number of fused-ring (bicyclic) bond motifs is 5. The van der Waals surface area contributed by atoms with E-state index < -0.39 is 0 Å². The molecule has 0 aliphatic heterocycles. The lowest BCUT2D eigenvalue weighted by Gasteiger charge is -2.59. The fourth-order valence-electron chi connectivity index (χ4n) is 7.57. The molecule has 0 amide bonds. The summed E-state index contributed by atoms with van der Waals surface area (Å²) >= 11 is 4.04. The van der Waals surface area contributed by atoms with Crippen LogP contribution in [0.1, 0.15) is 72.6 Å². The van der Waals surface area contributed by atoms with E-state index in [1.165, 1.54) is 31.8 Å². The van der Waals surface area contributed by atoms with Gasteiger partial charge in [-0.1, -0.05) is 41.4 Å². The van der Waals surface area contributed by atoms with Crippen molar-refractivity contribution in [3.63, 3.8) is 0 Å². The van der Waals surface area contributed by atoms with Gasteiger partial charge in [-0.2, -0.15) is 0 Å². The minimum atomic E-state index is -0.164. The minimum Gasteiger partial charge on any atom is -0.462 e. The SMILES string of the molecule is CC(=O)OC1CC[C@@]2(C)C(=CC(Br)C3C4CCC(C(C)=O)[C@@]4(C)CCC32)C1. The van der Waals surface area contributed by atoms with Crippen molar-refractivity contribution < 1.29 is 14.3 Å². The molecule has 8 atom stereocenters. The predicted molar refractivity (Wildman–Crippen MR) is 110 cm³/mol. The molecule has 150 valence electrons. The van der Waals surface area contributed by atoms with Gasteiger partial charge in [0.15, 0.2) is 0 Å². The van der Waals surface area contributed by atoms with Gasteiger partial charge in [-0.3, -0.25) is 9.59 Å². The number of rotatable bonds is 2. The number of ketones is 1. The topological polar surface area (TPSA) is 43.4 Å². The van der Waals surface area contributed by atoms with Crippen molar-refractivity contribution in [1.29, 1.82) is 0 Å². The van der Waals surface area contributed by atoms with E-state index in [2.05, 4.69) is 35.9 Å². The number of allylic oxidation sites excluding steroid dienone is 1. The molecule has 6 unspecified atom stereocenters. The maximum atomic E-state index is 12.3. The lowest BCUT2D eigenvalue weighted by atomic mass is 9.47. The molecule has 27 heavy (non-hydrogen) atoms. The Hall–Kier alpha value is -0.640. The van der Waals surface area contributed by atoms with Crippen molar-refractivity contribution in [2.24, 2.45) is 34.5 Å². The quantitative estimate of drug-likeness (QED) is 0.327. The van der Waals surface area contributed by atoms with Crippen molar-refractivity contribution in [1.82, 2.24) is 0 Å². The molecule has 0 spiro atoms. The van der Waals surface area contributed by atoms with E-state index in [-0.39, 0.29) is 28.8 Å². The summed E-state index contributed by atoms with van der Waals surface area (Å²) in [7, 11) is 0. The second-order valence-electron chi connectivity index (χ2n) is 10.1. The molecular weight excluding hydrogens is 404 g/mol. The van der Waals surface area contributed by atoms with Crippen LogP contribution in [-0.4, -0.2) is 22.7 Å². The third kappa shape index (κ3) is 2.96. The van der Waals surface area contributed by atoms with Crippen LogP contribution in [-0.2, 0) is 14.3 Å². The van der Waals surface area contributed by atoms with Crippen molar-refractivity contribution in [3.8, 4) is 0 Å². The standard InChI is InChI=1S/C23H33BrO3/c1-13(25)17-5-6-18-21-19(8-10-23(17,18)4)22(3)9-7-16(27-14(2)26)11-15(22)12-20(21)24/h12,16-21H,5-11H2,1-4H3/t16?,17?,18?,19?,20?,21?,22-,23+/m0/s1. The number of hydrogen-bond donors (Lipinski definition) is 0. The van der Waals surface area contributed by atoms with E-state index in [1.54, 1.807) is 6.92 Å². The Morgan fingerprint density at radius 1 is 1.07 bits per heavy atom. The largest absolute Gasteiger partial charge is 0.462 e. The number of alkyl halides is 1. The summed E-state index contributed by atoms with van der Waals surface area (Å²) in [5.41, 5.74) is 1.89. The van der Waals surface area contributed by atoms with Gasteiger partial charge in [-0.15, -0.1) is 0 Å². The highest BCUT2D eigenvalue weighted by Crippen LogP contribution is 2.67. The molecule has 3 nitrogen and oxygen atoms in total. The van der Waals surface area contributed by atoms with Crippen molar-refractivity contribution >= 4 is 27.7 Å². The second-order valence-corrected chi connectivity index (χ2v) is 11.2. The summed E-state index contributed by atoms with van der Waals surface area (Å²) in [5, 5.41) is 0. The van der Waals surface area contributed by atoms with Gasteiger partial charge in [0.2, 0.25) is 0 Å². The maximum absolute atomic E-state index is 12.3. The highest BCUT2D eigenvalue weighted by atomic mass is 79.9. The Bertz CT molecular complexity index is 685. The Morgan fingerprint density at radius 3 is 2.48 bits per heavy atom. The molecule has 4 rings (SSSR count). The lowest BCUT2D eigenvalue weighted by Crippen LogP contribution is -2.54. The van der Waals surface area contributed by atoms with Crippen LogP contribution < -0.4 is 0 Å². The van der Waals surface area contributed by atoms with Crippen LogP contribution in [0, 0.1) is 34.5 Å². The van der Waals surface area contributed by atoms with E-state index in [0.717, 1.165) is 25.7 Å². The average molecular weight is 437 g/mol. The molecule has 0 aromatic rings. The first-order valence-corrected chi connectivity index (χ1v) is 11.6. The van der Waals surface area contributed by atoms with Crippen LogP contribution in [0.5, 0.6) is 0 Å². The van der Waals surface area contributed by atoms with Gasteiger partial charge < -0.3 is 4.74 Å². The van der Waals surface area contributed by atoms with Gasteiger partial charge in [0.1, 0.15) is 11.9 Å².